The van der Waals surface area contributed by atoms with Gasteiger partial charge in [-0.05, 0) is 65.0 Å². The van der Waals surface area contributed by atoms with Crippen LogP contribution in [0.5, 0.6) is 17.2 Å². The monoisotopic (exact) mass is 505 g/mol. The third kappa shape index (κ3) is 5.34. The molecule has 0 aliphatic heterocycles. The van der Waals surface area contributed by atoms with Gasteiger partial charge in [-0.25, -0.2) is 0 Å². The molecule has 1 aromatic heterocycles. The van der Waals surface area contributed by atoms with Gasteiger partial charge in [0.15, 0.2) is 5.76 Å². The number of hydrogen-bond acceptors (Lipinski definition) is 5. The van der Waals surface area contributed by atoms with Crippen LogP contribution in [0.15, 0.2) is 40.8 Å². The molecule has 1 aliphatic rings. The van der Waals surface area contributed by atoms with E-state index < -0.39 is 0 Å². The molecule has 1 aliphatic carbocycles. The Hall–Kier alpha value is -3.41. The Morgan fingerprint density at radius 2 is 1.49 bits per heavy atom. The molecule has 4 rings (SSSR count). The molecule has 6 nitrogen and oxygen atoms in total. The minimum Gasteiger partial charge on any atom is -0.496 e. The van der Waals surface area contributed by atoms with Gasteiger partial charge < -0.3 is 23.9 Å². The number of nitrogens with one attached hydrogen (secondary N) is 1. The Bertz CT molecular complexity index is 1280. The average Bonchev–Trinajstić information content (AvgIpc) is 3.34. The average molecular weight is 506 g/mol. The van der Waals surface area contributed by atoms with Gasteiger partial charge in [-0.15, -0.1) is 0 Å². The van der Waals surface area contributed by atoms with Crippen molar-refractivity contribution in [3.05, 3.63) is 75.7 Å². The summed E-state index contributed by atoms with van der Waals surface area (Å²) >= 11 is 0. The molecule has 1 N–H and O–H groups in total. The Morgan fingerprint density at radius 3 is 2.05 bits per heavy atom. The predicted octanol–water partition coefficient (Wildman–Crippen LogP) is 6.48. The second-order valence-corrected chi connectivity index (χ2v) is 11.2. The maximum absolute atomic E-state index is 12.9. The molecule has 3 aromatic rings. The number of rotatable bonds is 8. The maximum atomic E-state index is 12.9. The van der Waals surface area contributed by atoms with Crippen LogP contribution in [0, 0.1) is 6.92 Å². The van der Waals surface area contributed by atoms with Crippen molar-refractivity contribution < 1.29 is 23.4 Å². The van der Waals surface area contributed by atoms with E-state index in [1.54, 1.807) is 39.5 Å². The van der Waals surface area contributed by atoms with E-state index >= 15 is 0 Å². The predicted molar refractivity (Wildman–Crippen MR) is 145 cm³/mol. The summed E-state index contributed by atoms with van der Waals surface area (Å²) < 4.78 is 22.2. The molecule has 6 heteroatoms. The number of benzene rings is 2. The van der Waals surface area contributed by atoms with Gasteiger partial charge in [-0.1, -0.05) is 39.8 Å². The van der Waals surface area contributed by atoms with Crippen molar-refractivity contribution in [1.29, 1.82) is 0 Å². The topological polar surface area (TPSA) is 69.9 Å². The highest BCUT2D eigenvalue weighted by Crippen LogP contribution is 2.46. The van der Waals surface area contributed by atoms with Crippen LogP contribution in [-0.4, -0.2) is 27.2 Å². The molecule has 198 valence electrons. The van der Waals surface area contributed by atoms with Crippen molar-refractivity contribution in [2.75, 3.05) is 21.3 Å². The number of fused-ring (bicyclic) bond motifs is 1. The molecule has 0 spiro atoms. The van der Waals surface area contributed by atoms with E-state index in [0.29, 0.717) is 23.7 Å². The molecule has 0 radical (unpaired) electrons. The lowest BCUT2D eigenvalue weighted by Gasteiger charge is -2.42. The minimum absolute atomic E-state index is 0.144. The summed E-state index contributed by atoms with van der Waals surface area (Å²) in [6, 6.07) is 11.9. The van der Waals surface area contributed by atoms with Crippen LogP contribution in [0.1, 0.15) is 84.7 Å². The lowest BCUT2D eigenvalue weighted by atomic mass is 9.62. The summed E-state index contributed by atoms with van der Waals surface area (Å²) in [4.78, 5) is 12.9. The third-order valence-electron chi connectivity index (χ3n) is 7.80. The fourth-order valence-electron chi connectivity index (χ4n) is 5.25. The van der Waals surface area contributed by atoms with Crippen molar-refractivity contribution in [3.8, 4) is 17.2 Å². The fourth-order valence-corrected chi connectivity index (χ4v) is 5.25. The number of hydrogen-bond donors (Lipinski definition) is 1. The van der Waals surface area contributed by atoms with Crippen molar-refractivity contribution in [2.24, 2.45) is 0 Å². The molecule has 2 aromatic carbocycles. The Balaban J connectivity index is 1.51. The summed E-state index contributed by atoms with van der Waals surface area (Å²) in [5.74, 6) is 2.51. The standard InChI is InChI=1S/C31H39NO5/c1-19-13-24-25(31(4,5)12-11-30(24,2)3)15-20(19)14-21-9-10-26(37-21)29(33)32-18-23-27(35-7)16-22(34-6)17-28(23)36-8/h9-10,13,15-17H,11-12,14,18H2,1-8H3,(H,32,33). The number of carbonyl (C=O) groups is 1. The first kappa shape index (κ1) is 26.6. The van der Waals surface area contributed by atoms with Crippen LogP contribution < -0.4 is 19.5 Å². The van der Waals surface area contributed by atoms with E-state index in [2.05, 4.69) is 52.1 Å². The molecular formula is C31H39NO5. The molecule has 0 bridgehead atoms. The van der Waals surface area contributed by atoms with E-state index in [1.807, 2.05) is 6.07 Å². The van der Waals surface area contributed by atoms with Gasteiger partial charge in [-0.2, -0.15) is 0 Å². The van der Waals surface area contributed by atoms with Gasteiger partial charge in [0, 0.05) is 18.6 Å². The van der Waals surface area contributed by atoms with Gasteiger partial charge in [0.2, 0.25) is 0 Å². The van der Waals surface area contributed by atoms with Crippen LogP contribution in [0.3, 0.4) is 0 Å². The van der Waals surface area contributed by atoms with Gasteiger partial charge in [0.05, 0.1) is 33.4 Å². The summed E-state index contributed by atoms with van der Waals surface area (Å²) in [5.41, 5.74) is 6.42. The molecule has 1 heterocycles. The zero-order valence-electron chi connectivity index (χ0n) is 23.3. The van der Waals surface area contributed by atoms with Crippen LogP contribution in [0.4, 0.5) is 0 Å². The quantitative estimate of drug-likeness (QED) is 0.379. The largest absolute Gasteiger partial charge is 0.496 e. The van der Waals surface area contributed by atoms with E-state index in [4.69, 9.17) is 18.6 Å². The maximum Gasteiger partial charge on any atom is 0.287 e. The second-order valence-electron chi connectivity index (χ2n) is 11.2. The van der Waals surface area contributed by atoms with Gasteiger partial charge >= 0.3 is 0 Å². The number of amides is 1. The number of ether oxygens (including phenoxy) is 3. The Labute approximate surface area is 220 Å². The van der Waals surface area contributed by atoms with E-state index in [1.165, 1.54) is 35.1 Å². The smallest absolute Gasteiger partial charge is 0.287 e. The van der Waals surface area contributed by atoms with E-state index in [0.717, 1.165) is 11.3 Å². The lowest BCUT2D eigenvalue weighted by Crippen LogP contribution is -2.34. The SMILES string of the molecule is COc1cc(OC)c(CNC(=O)c2ccc(Cc3cc4c(cc3C)C(C)(C)CCC4(C)C)o2)c(OC)c1. The number of carbonyl (C=O) groups excluding carboxylic acids is 1. The summed E-state index contributed by atoms with van der Waals surface area (Å²) in [7, 11) is 4.73. The summed E-state index contributed by atoms with van der Waals surface area (Å²) in [5, 5.41) is 2.92. The molecule has 37 heavy (non-hydrogen) atoms. The molecule has 0 atom stereocenters. The van der Waals surface area contributed by atoms with E-state index in [9.17, 15) is 4.79 Å². The first-order valence-electron chi connectivity index (χ1n) is 12.8. The van der Waals surface area contributed by atoms with Crippen molar-refractivity contribution in [3.63, 3.8) is 0 Å². The van der Waals surface area contributed by atoms with Gasteiger partial charge in [0.1, 0.15) is 23.0 Å². The first-order valence-corrected chi connectivity index (χ1v) is 12.8. The van der Waals surface area contributed by atoms with Crippen molar-refractivity contribution in [1.82, 2.24) is 5.32 Å². The highest BCUT2D eigenvalue weighted by molar-refractivity contribution is 5.91. The molecular weight excluding hydrogens is 466 g/mol. The Morgan fingerprint density at radius 1 is 0.892 bits per heavy atom. The number of aryl methyl sites for hydroxylation is 1. The molecule has 1 amide bonds. The summed E-state index contributed by atoms with van der Waals surface area (Å²) in [6.45, 7) is 11.7. The lowest BCUT2D eigenvalue weighted by molar-refractivity contribution is 0.0921. The zero-order valence-corrected chi connectivity index (χ0v) is 23.3. The van der Waals surface area contributed by atoms with Gasteiger partial charge in [0.25, 0.3) is 5.91 Å². The van der Waals surface area contributed by atoms with Crippen LogP contribution >= 0.6 is 0 Å². The molecule has 0 unspecified atom stereocenters. The van der Waals surface area contributed by atoms with Crippen LogP contribution in [0.25, 0.3) is 0 Å². The van der Waals surface area contributed by atoms with Crippen molar-refractivity contribution >= 4 is 5.91 Å². The molecule has 0 saturated carbocycles. The zero-order chi connectivity index (χ0) is 27.0. The molecule has 0 fully saturated rings. The highest BCUT2D eigenvalue weighted by atomic mass is 16.5. The van der Waals surface area contributed by atoms with Gasteiger partial charge in [-0.3, -0.25) is 4.79 Å². The van der Waals surface area contributed by atoms with Crippen molar-refractivity contribution in [2.45, 2.75) is 71.3 Å². The highest BCUT2D eigenvalue weighted by Gasteiger charge is 2.37. The third-order valence-corrected chi connectivity index (χ3v) is 7.80. The Kier molecular flexibility index (Phi) is 7.31. The second kappa shape index (κ2) is 10.2. The summed E-state index contributed by atoms with van der Waals surface area (Å²) in [6.07, 6.45) is 3.00. The normalized spacial score (nSPS) is 15.6. The van der Waals surface area contributed by atoms with Crippen LogP contribution in [0.2, 0.25) is 0 Å². The molecule has 0 saturated heterocycles. The van der Waals surface area contributed by atoms with Crippen LogP contribution in [-0.2, 0) is 23.8 Å². The minimum atomic E-state index is -0.295. The fraction of sp³-hybridized carbons (Fsp3) is 0.452. The number of methoxy groups -OCH3 is 3. The van der Waals surface area contributed by atoms with E-state index in [-0.39, 0.29) is 29.0 Å². The first-order chi connectivity index (χ1) is 17.5. The number of furan rings is 1.